The molecule has 218 valence electrons. The van der Waals surface area contributed by atoms with Crippen LogP contribution in [0.15, 0.2) is 59.7 Å². The molecular weight excluding hydrogens is 552 g/mol. The number of esters is 1. The van der Waals surface area contributed by atoms with E-state index in [0.717, 1.165) is 9.80 Å². The molecule has 2 heterocycles. The van der Waals surface area contributed by atoms with E-state index in [9.17, 15) is 44.8 Å². The first kappa shape index (κ1) is 27.8. The van der Waals surface area contributed by atoms with E-state index in [1.165, 1.54) is 48.5 Å². The number of amides is 4. The van der Waals surface area contributed by atoms with E-state index >= 15 is 0 Å². The summed E-state index contributed by atoms with van der Waals surface area (Å²) in [4.78, 5) is 71.0. The third-order valence-electron chi connectivity index (χ3n) is 8.85. The van der Waals surface area contributed by atoms with Gasteiger partial charge in [0.1, 0.15) is 11.4 Å². The van der Waals surface area contributed by atoms with Crippen molar-refractivity contribution in [2.24, 2.45) is 35.5 Å². The van der Waals surface area contributed by atoms with Crippen LogP contribution in [0, 0.1) is 45.9 Å². The maximum atomic E-state index is 14.1. The molecule has 2 saturated heterocycles. The fourth-order valence-electron chi connectivity index (χ4n) is 7.40. The number of carbonyl (C=O) groups is 5. The molecule has 4 amide bonds. The Morgan fingerprint density at radius 3 is 1.50 bits per heavy atom. The first-order valence-electron chi connectivity index (χ1n) is 13.3. The van der Waals surface area contributed by atoms with Crippen molar-refractivity contribution in [2.45, 2.75) is 13.8 Å². The summed E-state index contributed by atoms with van der Waals surface area (Å²) in [7, 11) is 0. The van der Waals surface area contributed by atoms with Gasteiger partial charge in [-0.15, -0.1) is 0 Å². The third kappa shape index (κ3) is 3.64. The van der Waals surface area contributed by atoms with Gasteiger partial charge in [0.2, 0.25) is 23.6 Å². The van der Waals surface area contributed by atoms with Gasteiger partial charge in [-0.2, -0.15) is 10.5 Å². The molecule has 2 aromatic carbocycles. The fourth-order valence-corrected chi connectivity index (χ4v) is 7.40. The number of carbonyl (C=O) groups excluding carboxylic acids is 5. The highest BCUT2D eigenvalue weighted by Gasteiger charge is 2.73. The minimum Gasteiger partial charge on any atom is -0.595 e. The summed E-state index contributed by atoms with van der Waals surface area (Å²) < 4.78 is 5.28. The zero-order valence-electron chi connectivity index (χ0n) is 22.3. The summed E-state index contributed by atoms with van der Waals surface area (Å²) in [6, 6.07) is 11.0. The van der Waals surface area contributed by atoms with Crippen molar-refractivity contribution in [3.05, 3.63) is 70.1 Å². The number of anilines is 2. The molecule has 5 aliphatic rings. The SMILES string of the molecule is CCOC(=O)C1=C(C)C2[C@H]3C(=O)N(c4ccccc4[NH+]([O-])O)C(=O)[C@H]3C1[C@@H]1C(=O)N(c3ccccc3[NH+]([O-])O)C(=O)[C@@H]21. The molecule has 0 aromatic heterocycles. The lowest BCUT2D eigenvalue weighted by Crippen LogP contribution is -2.99. The molecule has 3 fully saturated rings. The molecule has 8 atom stereocenters. The average Bonchev–Trinajstić information content (AvgIpc) is 3.38. The highest BCUT2D eigenvalue weighted by atomic mass is 16.8. The van der Waals surface area contributed by atoms with Gasteiger partial charge in [0.25, 0.3) is 0 Å². The van der Waals surface area contributed by atoms with Gasteiger partial charge in [-0.25, -0.2) is 25.0 Å². The van der Waals surface area contributed by atoms with Crippen LogP contribution in [0.1, 0.15) is 13.8 Å². The van der Waals surface area contributed by atoms with Gasteiger partial charge in [-0.05, 0) is 26.0 Å². The number of imide groups is 2. The van der Waals surface area contributed by atoms with Crippen LogP contribution < -0.4 is 20.3 Å². The molecule has 3 aliphatic carbocycles. The zero-order valence-corrected chi connectivity index (χ0v) is 22.3. The fraction of sp³-hybridized carbons (Fsp3) is 0.321. The molecular formula is C28H26N4O10. The monoisotopic (exact) mass is 578 g/mol. The van der Waals surface area contributed by atoms with E-state index in [-0.39, 0.29) is 34.9 Å². The number of hydrogen-bond acceptors (Lipinski definition) is 10. The molecule has 4 unspecified atom stereocenters. The number of para-hydroxylation sites is 4. The van der Waals surface area contributed by atoms with Gasteiger partial charge < -0.3 is 15.2 Å². The molecule has 14 nitrogen and oxygen atoms in total. The quantitative estimate of drug-likeness (QED) is 0.198. The number of quaternary nitrogens is 2. The van der Waals surface area contributed by atoms with Gasteiger partial charge >= 0.3 is 5.97 Å². The largest absolute Gasteiger partial charge is 0.595 e. The number of nitrogens with one attached hydrogen (secondary N) is 2. The molecule has 1 saturated carbocycles. The Bertz CT molecular complexity index is 1490. The van der Waals surface area contributed by atoms with Crippen LogP contribution in [0.3, 0.4) is 0 Å². The Hall–Kier alpha value is -4.31. The van der Waals surface area contributed by atoms with E-state index in [0.29, 0.717) is 5.57 Å². The van der Waals surface area contributed by atoms with Gasteiger partial charge in [-0.3, -0.25) is 19.2 Å². The maximum absolute atomic E-state index is 14.1. The van der Waals surface area contributed by atoms with Crippen molar-refractivity contribution < 1.29 is 49.6 Å². The van der Waals surface area contributed by atoms with E-state index in [1.54, 1.807) is 13.8 Å². The Kier molecular flexibility index (Phi) is 6.57. The summed E-state index contributed by atoms with van der Waals surface area (Å²) >= 11 is 0. The molecule has 2 bridgehead atoms. The minimum absolute atomic E-state index is 0.00876. The lowest BCUT2D eigenvalue weighted by molar-refractivity contribution is -0.990. The smallest absolute Gasteiger partial charge is 0.334 e. The molecule has 2 aromatic rings. The highest BCUT2D eigenvalue weighted by Crippen LogP contribution is 2.63. The number of nitrogens with zero attached hydrogens (tertiary/aromatic N) is 2. The minimum atomic E-state index is -1.36. The van der Waals surface area contributed by atoms with Crippen molar-refractivity contribution >= 4 is 52.3 Å². The number of ether oxygens (including phenoxy) is 1. The molecule has 42 heavy (non-hydrogen) atoms. The van der Waals surface area contributed by atoms with E-state index < -0.39 is 75.6 Å². The second-order valence-corrected chi connectivity index (χ2v) is 10.6. The van der Waals surface area contributed by atoms with Crippen LogP contribution in [-0.4, -0.2) is 46.6 Å². The van der Waals surface area contributed by atoms with Gasteiger partial charge in [0, 0.05) is 29.5 Å². The van der Waals surface area contributed by atoms with E-state index in [2.05, 4.69) is 0 Å². The van der Waals surface area contributed by atoms with E-state index in [4.69, 9.17) is 4.74 Å². The Morgan fingerprint density at radius 2 is 1.12 bits per heavy atom. The van der Waals surface area contributed by atoms with Crippen LogP contribution in [-0.2, 0) is 28.7 Å². The zero-order chi connectivity index (χ0) is 30.2. The lowest BCUT2D eigenvalue weighted by atomic mass is 9.49. The summed E-state index contributed by atoms with van der Waals surface area (Å²) in [5.74, 6) is -10.9. The first-order chi connectivity index (χ1) is 20.0. The maximum Gasteiger partial charge on any atom is 0.334 e. The van der Waals surface area contributed by atoms with Crippen LogP contribution in [0.5, 0.6) is 0 Å². The number of hydrogen-bond donors (Lipinski definition) is 4. The van der Waals surface area contributed by atoms with Crippen molar-refractivity contribution in [3.63, 3.8) is 0 Å². The highest BCUT2D eigenvalue weighted by molar-refractivity contribution is 6.28. The van der Waals surface area contributed by atoms with E-state index in [1.807, 2.05) is 0 Å². The number of benzene rings is 2. The number of allylic oxidation sites excluding steroid dienone is 1. The molecule has 4 N–H and O–H groups in total. The third-order valence-corrected chi connectivity index (χ3v) is 8.85. The predicted molar refractivity (Wildman–Crippen MR) is 140 cm³/mol. The molecule has 0 spiro atoms. The summed E-state index contributed by atoms with van der Waals surface area (Å²) in [5, 5.41) is 40.6. The standard InChI is InChI=1S/C28H26N4O10/c1-3-42-28(37)18-12(2)17-20-22(26(35)29(24(20)33)13-8-4-6-10-15(13)31(38)39)19(18)23-21(17)25(34)30(27(23)36)14-9-5-7-11-16(14)32(40)41/h4-11,17,19-23,31-32,38,40H,3H2,1-2H3/t17?,19?,20-,21+,22-,23-/m0/s1. The Balaban J connectivity index is 1.52. The molecule has 2 aliphatic heterocycles. The summed E-state index contributed by atoms with van der Waals surface area (Å²) in [5.41, 5.74) is -0.500. The Labute approximate surface area is 238 Å². The van der Waals surface area contributed by atoms with Crippen molar-refractivity contribution in [3.8, 4) is 0 Å². The van der Waals surface area contributed by atoms with Crippen molar-refractivity contribution in [1.82, 2.24) is 0 Å². The molecule has 14 heteroatoms. The van der Waals surface area contributed by atoms with Gasteiger partial charge in [-0.1, -0.05) is 29.8 Å². The van der Waals surface area contributed by atoms with Crippen molar-refractivity contribution in [1.29, 1.82) is 0 Å². The van der Waals surface area contributed by atoms with Crippen LogP contribution >= 0.6 is 0 Å². The normalized spacial score (nSPS) is 29.7. The molecule has 7 rings (SSSR count). The topological polar surface area (TPSA) is 197 Å². The second-order valence-electron chi connectivity index (χ2n) is 10.6. The van der Waals surface area contributed by atoms with Gasteiger partial charge in [0.15, 0.2) is 11.4 Å². The van der Waals surface area contributed by atoms with Crippen LogP contribution in [0.25, 0.3) is 0 Å². The van der Waals surface area contributed by atoms with Gasteiger partial charge in [0.05, 0.1) is 30.3 Å². The Morgan fingerprint density at radius 1 is 0.738 bits per heavy atom. The first-order valence-corrected chi connectivity index (χ1v) is 13.3. The summed E-state index contributed by atoms with van der Waals surface area (Å²) in [6.07, 6.45) is 0. The predicted octanol–water partition coefficient (Wildman–Crippen LogP) is -0.456. The average molecular weight is 579 g/mol. The molecule has 0 radical (unpaired) electrons. The van der Waals surface area contributed by atoms with Crippen molar-refractivity contribution in [2.75, 3.05) is 16.4 Å². The van der Waals surface area contributed by atoms with Crippen LogP contribution in [0.4, 0.5) is 22.7 Å². The lowest BCUT2D eigenvalue weighted by Gasteiger charge is -2.49. The number of rotatable bonds is 6. The second kappa shape index (κ2) is 9.90. The van der Waals surface area contributed by atoms with Crippen LogP contribution in [0.2, 0.25) is 0 Å². The summed E-state index contributed by atoms with van der Waals surface area (Å²) in [6.45, 7) is 3.14.